The zero-order valence-corrected chi connectivity index (χ0v) is 8.66. The third kappa shape index (κ3) is 1.67. The predicted molar refractivity (Wildman–Crippen MR) is 59.7 cm³/mol. The van der Waals surface area contributed by atoms with Gasteiger partial charge in [0.05, 0.1) is 4.90 Å². The molecule has 4 nitrogen and oxygen atoms in total. The van der Waals surface area contributed by atoms with Crippen LogP contribution in [0.2, 0.25) is 0 Å². The smallest absolute Gasteiger partial charge is 0.238 e. The summed E-state index contributed by atoms with van der Waals surface area (Å²) in [6.45, 7) is 0. The van der Waals surface area contributed by atoms with Crippen molar-refractivity contribution in [2.24, 2.45) is 5.14 Å². The second-order valence-corrected chi connectivity index (χ2v) is 4.78. The molecule has 0 atom stereocenters. The van der Waals surface area contributed by atoms with Crippen molar-refractivity contribution in [1.29, 1.82) is 0 Å². The van der Waals surface area contributed by atoms with Crippen molar-refractivity contribution >= 4 is 26.5 Å². The van der Waals surface area contributed by atoms with E-state index in [1.165, 1.54) is 6.07 Å². The number of sulfonamides is 1. The van der Waals surface area contributed by atoms with Gasteiger partial charge in [0, 0.05) is 11.1 Å². The lowest BCUT2D eigenvalue weighted by molar-refractivity contribution is 0.598. The van der Waals surface area contributed by atoms with Crippen LogP contribution in [-0.2, 0) is 10.0 Å². The standard InChI is InChI=1S/C10H10N2O2S/c11-8-5-1-3-7-4-2-6-9(10(7)8)15(12,13)14/h1-6H,11H2,(H2,12,13,14). The maximum Gasteiger partial charge on any atom is 0.238 e. The van der Waals surface area contributed by atoms with Crippen LogP contribution in [0.4, 0.5) is 5.69 Å². The molecular weight excluding hydrogens is 212 g/mol. The van der Waals surface area contributed by atoms with E-state index in [0.717, 1.165) is 5.39 Å². The van der Waals surface area contributed by atoms with Crippen molar-refractivity contribution in [3.63, 3.8) is 0 Å². The molecular formula is C10H10N2O2S. The Morgan fingerprint density at radius 2 is 1.60 bits per heavy atom. The van der Waals surface area contributed by atoms with E-state index in [-0.39, 0.29) is 4.90 Å². The molecule has 0 amide bonds. The average Bonchev–Trinajstić information content (AvgIpc) is 2.16. The van der Waals surface area contributed by atoms with Crippen molar-refractivity contribution in [2.45, 2.75) is 4.90 Å². The lowest BCUT2D eigenvalue weighted by Gasteiger charge is -2.06. The van der Waals surface area contributed by atoms with E-state index in [2.05, 4.69) is 0 Å². The van der Waals surface area contributed by atoms with E-state index < -0.39 is 10.0 Å². The van der Waals surface area contributed by atoms with Crippen LogP contribution in [0.25, 0.3) is 10.8 Å². The van der Waals surface area contributed by atoms with Gasteiger partial charge in [-0.2, -0.15) is 0 Å². The van der Waals surface area contributed by atoms with Crippen LogP contribution in [0.1, 0.15) is 0 Å². The van der Waals surface area contributed by atoms with Crippen LogP contribution in [-0.4, -0.2) is 8.42 Å². The Bertz CT molecular complexity index is 615. The lowest BCUT2D eigenvalue weighted by atomic mass is 10.1. The third-order valence-corrected chi connectivity index (χ3v) is 3.16. The summed E-state index contributed by atoms with van der Waals surface area (Å²) in [7, 11) is -3.73. The molecule has 2 aromatic rings. The first-order chi connectivity index (χ1) is 7.00. The molecule has 0 aliphatic rings. The Morgan fingerprint density at radius 1 is 1.00 bits per heavy atom. The maximum atomic E-state index is 11.3. The Balaban J connectivity index is 2.99. The molecule has 0 fully saturated rings. The minimum atomic E-state index is -3.73. The Labute approximate surface area is 87.6 Å². The van der Waals surface area contributed by atoms with E-state index in [9.17, 15) is 8.42 Å². The van der Waals surface area contributed by atoms with Gasteiger partial charge < -0.3 is 5.73 Å². The SMILES string of the molecule is Nc1cccc2cccc(S(N)(=O)=O)c12. The summed E-state index contributed by atoms with van der Waals surface area (Å²) in [6, 6.07) is 10.1. The molecule has 0 saturated carbocycles. The molecule has 0 spiro atoms. The topological polar surface area (TPSA) is 86.2 Å². The number of primary sulfonamides is 1. The summed E-state index contributed by atoms with van der Waals surface area (Å²) in [6.07, 6.45) is 0. The van der Waals surface area contributed by atoms with Gasteiger partial charge in [0.15, 0.2) is 0 Å². The van der Waals surface area contributed by atoms with Crippen molar-refractivity contribution in [3.8, 4) is 0 Å². The minimum Gasteiger partial charge on any atom is -0.398 e. The Morgan fingerprint density at radius 3 is 2.20 bits per heavy atom. The fourth-order valence-corrected chi connectivity index (χ4v) is 2.36. The van der Waals surface area contributed by atoms with Crippen LogP contribution in [0.5, 0.6) is 0 Å². The molecule has 4 N–H and O–H groups in total. The van der Waals surface area contributed by atoms with Crippen molar-refractivity contribution < 1.29 is 8.42 Å². The highest BCUT2D eigenvalue weighted by atomic mass is 32.2. The van der Waals surface area contributed by atoms with E-state index >= 15 is 0 Å². The first kappa shape index (κ1) is 9.95. The van der Waals surface area contributed by atoms with Gasteiger partial charge in [0.25, 0.3) is 0 Å². The van der Waals surface area contributed by atoms with Crippen LogP contribution >= 0.6 is 0 Å². The van der Waals surface area contributed by atoms with Crippen molar-refractivity contribution in [2.75, 3.05) is 5.73 Å². The number of hydrogen-bond acceptors (Lipinski definition) is 3. The van der Waals surface area contributed by atoms with E-state index in [1.807, 2.05) is 0 Å². The molecule has 2 aromatic carbocycles. The molecule has 0 aliphatic heterocycles. The molecule has 0 unspecified atom stereocenters. The molecule has 0 radical (unpaired) electrons. The van der Waals surface area contributed by atoms with Gasteiger partial charge in [0.2, 0.25) is 10.0 Å². The summed E-state index contributed by atoms with van der Waals surface area (Å²) >= 11 is 0. The van der Waals surface area contributed by atoms with Crippen LogP contribution in [0, 0.1) is 0 Å². The van der Waals surface area contributed by atoms with E-state index in [4.69, 9.17) is 10.9 Å². The number of anilines is 1. The highest BCUT2D eigenvalue weighted by Gasteiger charge is 2.13. The van der Waals surface area contributed by atoms with Crippen molar-refractivity contribution in [1.82, 2.24) is 0 Å². The van der Waals surface area contributed by atoms with Crippen LogP contribution in [0.3, 0.4) is 0 Å². The molecule has 2 rings (SSSR count). The molecule has 0 saturated heterocycles. The third-order valence-electron chi connectivity index (χ3n) is 2.21. The summed E-state index contributed by atoms with van der Waals surface area (Å²) in [5.74, 6) is 0. The van der Waals surface area contributed by atoms with Gasteiger partial charge in [-0.1, -0.05) is 24.3 Å². The van der Waals surface area contributed by atoms with Gasteiger partial charge in [-0.25, -0.2) is 13.6 Å². The first-order valence-electron chi connectivity index (χ1n) is 4.30. The molecule has 78 valence electrons. The number of nitrogen functional groups attached to an aromatic ring is 1. The second-order valence-electron chi connectivity index (χ2n) is 3.25. The van der Waals surface area contributed by atoms with Gasteiger partial charge in [0.1, 0.15) is 0 Å². The molecule has 0 aliphatic carbocycles. The van der Waals surface area contributed by atoms with Gasteiger partial charge in [-0.15, -0.1) is 0 Å². The van der Waals surface area contributed by atoms with Crippen molar-refractivity contribution in [3.05, 3.63) is 36.4 Å². The van der Waals surface area contributed by atoms with Gasteiger partial charge in [-0.05, 0) is 17.5 Å². The predicted octanol–water partition coefficient (Wildman–Crippen LogP) is 1.07. The molecule has 0 bridgehead atoms. The monoisotopic (exact) mass is 222 g/mol. The quantitative estimate of drug-likeness (QED) is 0.707. The highest BCUT2D eigenvalue weighted by Crippen LogP contribution is 2.27. The Kier molecular flexibility index (Phi) is 2.13. The fourth-order valence-electron chi connectivity index (χ4n) is 1.57. The number of rotatable bonds is 1. The minimum absolute atomic E-state index is 0.0677. The summed E-state index contributed by atoms with van der Waals surface area (Å²) in [5, 5.41) is 6.36. The number of nitrogens with two attached hydrogens (primary N) is 2. The molecule has 0 heterocycles. The zero-order valence-electron chi connectivity index (χ0n) is 7.84. The second kappa shape index (κ2) is 3.22. The average molecular weight is 222 g/mol. The lowest BCUT2D eigenvalue weighted by Crippen LogP contribution is -2.13. The zero-order chi connectivity index (χ0) is 11.1. The number of fused-ring (bicyclic) bond motifs is 1. The normalized spacial score (nSPS) is 11.8. The molecule has 15 heavy (non-hydrogen) atoms. The van der Waals surface area contributed by atoms with E-state index in [0.29, 0.717) is 11.1 Å². The molecule has 0 aromatic heterocycles. The summed E-state index contributed by atoms with van der Waals surface area (Å²) in [4.78, 5) is 0.0677. The Hall–Kier alpha value is -1.59. The first-order valence-corrected chi connectivity index (χ1v) is 5.85. The largest absolute Gasteiger partial charge is 0.398 e. The van der Waals surface area contributed by atoms with Crippen LogP contribution < -0.4 is 10.9 Å². The molecule has 5 heteroatoms. The highest BCUT2D eigenvalue weighted by molar-refractivity contribution is 7.89. The summed E-state index contributed by atoms with van der Waals surface area (Å²) < 4.78 is 22.6. The summed E-state index contributed by atoms with van der Waals surface area (Å²) in [5.41, 5.74) is 6.15. The van der Waals surface area contributed by atoms with Crippen LogP contribution in [0.15, 0.2) is 41.3 Å². The number of hydrogen-bond donors (Lipinski definition) is 2. The van der Waals surface area contributed by atoms with Gasteiger partial charge in [-0.3, -0.25) is 0 Å². The fraction of sp³-hybridized carbons (Fsp3) is 0. The number of benzene rings is 2. The van der Waals surface area contributed by atoms with E-state index in [1.54, 1.807) is 30.3 Å². The maximum absolute atomic E-state index is 11.3. The van der Waals surface area contributed by atoms with Gasteiger partial charge >= 0.3 is 0 Å².